The molecule has 69 heavy (non-hydrogen) atoms. The van der Waals surface area contributed by atoms with E-state index >= 15 is 0 Å². The van der Waals surface area contributed by atoms with Gasteiger partial charge < -0.3 is 19.8 Å². The van der Waals surface area contributed by atoms with Gasteiger partial charge in [-0.3, -0.25) is 13.8 Å². The summed E-state index contributed by atoms with van der Waals surface area (Å²) in [5.74, 6) is -0.182. The van der Waals surface area contributed by atoms with Crippen molar-refractivity contribution < 1.29 is 32.9 Å². The van der Waals surface area contributed by atoms with Crippen LogP contribution in [0.3, 0.4) is 0 Å². The number of hydrogen-bond acceptors (Lipinski definition) is 5. The molecule has 0 aliphatic rings. The lowest BCUT2D eigenvalue weighted by molar-refractivity contribution is -0.870. The molecule has 0 radical (unpaired) electrons. The minimum Gasteiger partial charge on any atom is -0.387 e. The molecule has 0 aromatic rings. The Kier molecular flexibility index (Phi) is 48.5. The summed E-state index contributed by atoms with van der Waals surface area (Å²) in [6.45, 7) is 4.65. The van der Waals surface area contributed by atoms with Gasteiger partial charge in [0.25, 0.3) is 0 Å². The molecule has 0 rings (SSSR count). The number of rotatable bonds is 50. The lowest BCUT2D eigenvalue weighted by Gasteiger charge is -2.25. The quantitative estimate of drug-likeness (QED) is 0.0243. The number of nitrogens with one attached hydrogen (secondary N) is 1. The summed E-state index contributed by atoms with van der Waals surface area (Å²) in [6.07, 6.45) is 72.5. The average Bonchev–Trinajstić information content (AvgIpc) is 3.31. The maximum Gasteiger partial charge on any atom is 0.472 e. The van der Waals surface area contributed by atoms with Crippen molar-refractivity contribution in [1.29, 1.82) is 0 Å². The van der Waals surface area contributed by atoms with E-state index in [0.29, 0.717) is 17.4 Å². The first kappa shape index (κ1) is 66.4. The SMILES string of the molecule is CC/C=C\C/C=C\C/C=C\C/C=C\C/C=C\C/C=C\C/C=C\CCCCCCCCCCCCCCCCCCCC(=O)NC(COP(=O)(O)OCC[N+](C)(C)C)C(O)/C=C/CCCCCCCC. The van der Waals surface area contributed by atoms with Gasteiger partial charge in [-0.25, -0.2) is 4.57 Å². The van der Waals surface area contributed by atoms with Gasteiger partial charge >= 0.3 is 7.82 Å². The number of carbonyl (C=O) groups is 1. The monoisotopic (exact) mass is 984 g/mol. The molecule has 0 heterocycles. The number of unbranched alkanes of at least 4 members (excludes halogenated alkanes) is 23. The number of carbonyl (C=O) groups excluding carboxylic acids is 1. The van der Waals surface area contributed by atoms with E-state index in [-0.39, 0.29) is 19.1 Å². The van der Waals surface area contributed by atoms with E-state index in [0.717, 1.165) is 83.5 Å². The molecule has 0 aromatic heterocycles. The van der Waals surface area contributed by atoms with Crippen molar-refractivity contribution in [3.63, 3.8) is 0 Å². The Balaban J connectivity index is 3.89. The Bertz CT molecular complexity index is 1440. The van der Waals surface area contributed by atoms with Crippen LogP contribution in [-0.4, -0.2) is 73.4 Å². The highest BCUT2D eigenvalue weighted by Crippen LogP contribution is 2.43. The molecule has 0 saturated carbocycles. The minimum atomic E-state index is -4.34. The fourth-order valence-corrected chi connectivity index (χ4v) is 8.40. The molecule has 0 aliphatic carbocycles. The molecule has 0 saturated heterocycles. The summed E-state index contributed by atoms with van der Waals surface area (Å²) in [5.41, 5.74) is 0. The highest BCUT2D eigenvalue weighted by atomic mass is 31.2. The Morgan fingerprint density at radius 1 is 0.507 bits per heavy atom. The van der Waals surface area contributed by atoms with Gasteiger partial charge in [0.1, 0.15) is 13.2 Å². The van der Waals surface area contributed by atoms with E-state index in [9.17, 15) is 19.4 Å². The Morgan fingerprint density at radius 3 is 1.28 bits per heavy atom. The molecule has 0 bridgehead atoms. The molecule has 3 atom stereocenters. The summed E-state index contributed by atoms with van der Waals surface area (Å²) in [5, 5.41) is 13.8. The third kappa shape index (κ3) is 53.1. The minimum absolute atomic E-state index is 0.0589. The Hall–Kier alpha value is -2.58. The molecule has 9 heteroatoms. The van der Waals surface area contributed by atoms with Gasteiger partial charge in [0.15, 0.2) is 0 Å². The van der Waals surface area contributed by atoms with E-state index in [2.05, 4.69) is 104 Å². The van der Waals surface area contributed by atoms with Crippen molar-refractivity contribution >= 4 is 13.7 Å². The fourth-order valence-electron chi connectivity index (χ4n) is 7.67. The second-order valence-corrected chi connectivity index (χ2v) is 21.4. The van der Waals surface area contributed by atoms with Crippen LogP contribution in [0.2, 0.25) is 0 Å². The van der Waals surface area contributed by atoms with E-state index in [1.54, 1.807) is 6.08 Å². The first-order chi connectivity index (χ1) is 33.5. The van der Waals surface area contributed by atoms with E-state index < -0.39 is 20.0 Å². The van der Waals surface area contributed by atoms with Crippen LogP contribution in [0.4, 0.5) is 0 Å². The predicted octanol–water partition coefficient (Wildman–Crippen LogP) is 17.0. The van der Waals surface area contributed by atoms with Gasteiger partial charge in [-0.05, 0) is 77.0 Å². The van der Waals surface area contributed by atoms with Crippen LogP contribution in [0.1, 0.15) is 226 Å². The second kappa shape index (κ2) is 50.4. The van der Waals surface area contributed by atoms with E-state index in [4.69, 9.17) is 9.05 Å². The van der Waals surface area contributed by atoms with Crippen LogP contribution in [0.5, 0.6) is 0 Å². The van der Waals surface area contributed by atoms with Gasteiger partial charge in [-0.15, -0.1) is 0 Å². The lowest BCUT2D eigenvalue weighted by atomic mass is 10.0. The lowest BCUT2D eigenvalue weighted by Crippen LogP contribution is -2.45. The smallest absolute Gasteiger partial charge is 0.387 e. The van der Waals surface area contributed by atoms with Crippen LogP contribution in [0.15, 0.2) is 97.2 Å². The zero-order chi connectivity index (χ0) is 50.6. The molecule has 3 N–H and O–H groups in total. The normalized spacial score (nSPS) is 14.7. The van der Waals surface area contributed by atoms with Gasteiger partial charge in [0.05, 0.1) is 39.9 Å². The zero-order valence-electron chi connectivity index (χ0n) is 45.3. The molecular weight excluding hydrogens is 876 g/mol. The molecule has 3 unspecified atom stereocenters. The van der Waals surface area contributed by atoms with Crippen molar-refractivity contribution in [2.75, 3.05) is 40.9 Å². The van der Waals surface area contributed by atoms with Gasteiger partial charge in [-0.1, -0.05) is 239 Å². The standard InChI is InChI=1S/C60H107N2O6P/c1-6-8-10-12-14-16-17-18-19-20-21-22-23-24-25-26-27-28-29-30-31-32-33-34-35-36-37-38-39-40-41-42-43-44-45-46-48-50-52-54-60(64)61-58(57-68-69(65,66)67-56-55-62(3,4)5)59(63)53-51-49-47-15-13-11-9-7-2/h8,10,14,16,18-19,21-22,24-25,27-28,30-31,51,53,58-59,63H,6-7,9,11-13,15,17,20,23,26,29,32-50,52,54-57H2,1-5H3,(H-,61,64,65,66)/p+1/b10-8-,16-14-,19-18-,22-21-,25-24-,28-27-,31-30-,53-51+. The van der Waals surface area contributed by atoms with Crippen molar-refractivity contribution in [1.82, 2.24) is 5.32 Å². The maximum absolute atomic E-state index is 12.9. The van der Waals surface area contributed by atoms with E-state index in [1.807, 2.05) is 27.2 Å². The van der Waals surface area contributed by atoms with Crippen molar-refractivity contribution in [2.45, 2.75) is 238 Å². The average molecular weight is 985 g/mol. The number of quaternary nitrogens is 1. The number of aliphatic hydroxyl groups excluding tert-OH is 1. The molecule has 8 nitrogen and oxygen atoms in total. The summed E-state index contributed by atoms with van der Waals surface area (Å²) in [7, 11) is 1.56. The Morgan fingerprint density at radius 2 is 0.870 bits per heavy atom. The molecular formula is C60H108N2O6P+. The molecule has 1 amide bonds. The third-order valence-electron chi connectivity index (χ3n) is 12.1. The number of hydrogen-bond donors (Lipinski definition) is 3. The first-order valence-corrected chi connectivity index (χ1v) is 29.6. The molecule has 398 valence electrons. The predicted molar refractivity (Wildman–Crippen MR) is 299 cm³/mol. The number of likely N-dealkylation sites (N-methyl/N-ethyl adjacent to an activating group) is 1. The van der Waals surface area contributed by atoms with Gasteiger partial charge in [0, 0.05) is 6.42 Å². The zero-order valence-corrected chi connectivity index (χ0v) is 46.2. The topological polar surface area (TPSA) is 105 Å². The van der Waals surface area contributed by atoms with Crippen LogP contribution in [0.25, 0.3) is 0 Å². The van der Waals surface area contributed by atoms with Crippen LogP contribution in [0, 0.1) is 0 Å². The fraction of sp³-hybridized carbons (Fsp3) is 0.717. The number of phosphoric ester groups is 1. The van der Waals surface area contributed by atoms with Crippen LogP contribution < -0.4 is 5.32 Å². The largest absolute Gasteiger partial charge is 0.472 e. The maximum atomic E-state index is 12.9. The number of nitrogens with zero attached hydrogens (tertiary/aromatic N) is 1. The molecule has 0 aromatic carbocycles. The van der Waals surface area contributed by atoms with Gasteiger partial charge in [0.2, 0.25) is 5.91 Å². The van der Waals surface area contributed by atoms with Crippen LogP contribution >= 0.6 is 7.82 Å². The molecule has 0 spiro atoms. The highest BCUT2D eigenvalue weighted by Gasteiger charge is 2.27. The van der Waals surface area contributed by atoms with Crippen molar-refractivity contribution in [3.05, 3.63) is 97.2 Å². The van der Waals surface area contributed by atoms with E-state index in [1.165, 1.54) is 122 Å². The molecule has 0 fully saturated rings. The Labute approximate surface area is 426 Å². The first-order valence-electron chi connectivity index (χ1n) is 28.1. The number of phosphoric acid groups is 1. The summed E-state index contributed by atoms with van der Waals surface area (Å²) >= 11 is 0. The highest BCUT2D eigenvalue weighted by molar-refractivity contribution is 7.47. The summed E-state index contributed by atoms with van der Waals surface area (Å²) in [6, 6.07) is -0.847. The molecule has 0 aliphatic heterocycles. The van der Waals surface area contributed by atoms with Gasteiger partial charge in [-0.2, -0.15) is 0 Å². The summed E-state index contributed by atoms with van der Waals surface area (Å²) < 4.78 is 23.5. The van der Waals surface area contributed by atoms with Crippen molar-refractivity contribution in [3.8, 4) is 0 Å². The number of allylic oxidation sites excluding steroid dienone is 15. The number of aliphatic hydroxyl groups is 1. The van der Waals surface area contributed by atoms with Crippen molar-refractivity contribution in [2.24, 2.45) is 0 Å². The second-order valence-electron chi connectivity index (χ2n) is 19.9. The van der Waals surface area contributed by atoms with Crippen LogP contribution in [-0.2, 0) is 18.4 Å². The number of amides is 1. The summed E-state index contributed by atoms with van der Waals surface area (Å²) in [4.78, 5) is 23.1. The third-order valence-corrected chi connectivity index (χ3v) is 13.0.